The first kappa shape index (κ1) is 15.4. The number of hydrogen-bond acceptors (Lipinski definition) is 5. The lowest BCUT2D eigenvalue weighted by molar-refractivity contribution is -0.467. The summed E-state index contributed by atoms with van der Waals surface area (Å²) >= 11 is 0. The zero-order valence-electron chi connectivity index (χ0n) is 11.5. The van der Waals surface area contributed by atoms with Crippen LogP contribution in [0.5, 0.6) is 0 Å². The highest BCUT2D eigenvalue weighted by molar-refractivity contribution is 5.88. The molecule has 19 heavy (non-hydrogen) atoms. The van der Waals surface area contributed by atoms with Crippen LogP contribution < -0.4 is 0 Å². The molecule has 0 spiro atoms. The molecule has 108 valence electrons. The molecule has 1 rings (SSSR count). The van der Waals surface area contributed by atoms with Crippen LogP contribution in [-0.2, 0) is 9.53 Å². The minimum Gasteiger partial charge on any atom is -0.444 e. The van der Waals surface area contributed by atoms with E-state index >= 15 is 0 Å². The van der Waals surface area contributed by atoms with Crippen LogP contribution in [0.3, 0.4) is 0 Å². The van der Waals surface area contributed by atoms with Gasteiger partial charge in [0, 0.05) is 11.5 Å². The molecule has 0 aromatic rings. The predicted octanol–water partition coefficient (Wildman–Crippen LogP) is 1.62. The van der Waals surface area contributed by atoms with Crippen molar-refractivity contribution in [3.8, 4) is 0 Å². The molecule has 0 aliphatic carbocycles. The number of rotatable bonds is 3. The minimum atomic E-state index is -0.746. The van der Waals surface area contributed by atoms with Gasteiger partial charge < -0.3 is 4.74 Å². The molecular weight excluding hydrogens is 252 g/mol. The van der Waals surface area contributed by atoms with E-state index in [-0.39, 0.29) is 0 Å². The Morgan fingerprint density at radius 1 is 1.37 bits per heavy atom. The molecule has 0 saturated carbocycles. The highest BCUT2D eigenvalue weighted by Gasteiger charge is 2.36. The van der Waals surface area contributed by atoms with Gasteiger partial charge in [-0.25, -0.2) is 4.79 Å². The van der Waals surface area contributed by atoms with Gasteiger partial charge in [0.05, 0.1) is 0 Å². The number of carbonyl (C=O) groups excluding carboxylic acids is 2. The van der Waals surface area contributed by atoms with Crippen LogP contribution in [0.4, 0.5) is 4.79 Å². The van der Waals surface area contributed by atoms with Crippen LogP contribution in [0.1, 0.15) is 40.0 Å². The second-order valence-electron chi connectivity index (χ2n) is 5.64. The summed E-state index contributed by atoms with van der Waals surface area (Å²) < 4.78 is 5.23. The van der Waals surface area contributed by atoms with Crippen molar-refractivity contribution in [2.24, 2.45) is 0 Å². The van der Waals surface area contributed by atoms with Crippen LogP contribution in [0.2, 0.25) is 0 Å². The predicted molar refractivity (Wildman–Crippen MR) is 67.4 cm³/mol. The van der Waals surface area contributed by atoms with Crippen molar-refractivity contribution in [1.82, 2.24) is 4.90 Å². The van der Waals surface area contributed by atoms with Crippen molar-refractivity contribution in [1.29, 1.82) is 0 Å². The van der Waals surface area contributed by atoms with Gasteiger partial charge in [-0.1, -0.05) is 0 Å². The van der Waals surface area contributed by atoms with Crippen LogP contribution in [0, 0.1) is 10.1 Å². The van der Waals surface area contributed by atoms with Crippen molar-refractivity contribution in [2.45, 2.75) is 51.7 Å². The number of carbonyl (C=O) groups is 2. The van der Waals surface area contributed by atoms with E-state index in [4.69, 9.17) is 4.74 Å². The molecule has 7 nitrogen and oxygen atoms in total. The van der Waals surface area contributed by atoms with Crippen molar-refractivity contribution < 1.29 is 19.2 Å². The summed E-state index contributed by atoms with van der Waals surface area (Å²) in [6, 6.07) is -0.728. The SMILES string of the molecule is CC(C)(C)OC(=O)N1CCCC[C@H]1C(=O)C[N+](=O)[O-]. The van der Waals surface area contributed by atoms with Crippen molar-refractivity contribution >= 4 is 11.9 Å². The molecular formula is C12H20N2O5. The van der Waals surface area contributed by atoms with Gasteiger partial charge in [-0.15, -0.1) is 0 Å². The number of nitro groups is 1. The summed E-state index contributed by atoms with van der Waals surface area (Å²) in [5, 5.41) is 10.4. The molecule has 1 saturated heterocycles. The molecule has 0 bridgehead atoms. The molecule has 1 fully saturated rings. The van der Waals surface area contributed by atoms with E-state index < -0.39 is 35.0 Å². The third-order valence-electron chi connectivity index (χ3n) is 2.79. The molecule has 0 N–H and O–H groups in total. The van der Waals surface area contributed by atoms with E-state index in [0.29, 0.717) is 13.0 Å². The van der Waals surface area contributed by atoms with Gasteiger partial charge >= 0.3 is 6.09 Å². The quantitative estimate of drug-likeness (QED) is 0.575. The Labute approximate surface area is 112 Å². The van der Waals surface area contributed by atoms with Crippen LogP contribution in [0.15, 0.2) is 0 Å². The molecule has 1 atom stereocenters. The smallest absolute Gasteiger partial charge is 0.410 e. The van der Waals surface area contributed by atoms with E-state index in [0.717, 1.165) is 12.8 Å². The first-order valence-electron chi connectivity index (χ1n) is 6.35. The Balaban J connectivity index is 2.74. The normalized spacial score (nSPS) is 19.9. The van der Waals surface area contributed by atoms with Gasteiger partial charge in [0.25, 0.3) is 6.54 Å². The second kappa shape index (κ2) is 5.99. The average Bonchev–Trinajstić information content (AvgIpc) is 2.25. The fraction of sp³-hybridized carbons (Fsp3) is 0.833. The topological polar surface area (TPSA) is 89.8 Å². The Bertz CT molecular complexity index is 375. The molecule has 1 aliphatic rings. The Morgan fingerprint density at radius 3 is 2.53 bits per heavy atom. The Kier molecular flexibility index (Phi) is 4.85. The van der Waals surface area contributed by atoms with Gasteiger partial charge in [0.2, 0.25) is 5.78 Å². The van der Waals surface area contributed by atoms with E-state index in [2.05, 4.69) is 0 Å². The van der Waals surface area contributed by atoms with Crippen LogP contribution >= 0.6 is 0 Å². The van der Waals surface area contributed by atoms with Crippen molar-refractivity contribution in [2.75, 3.05) is 13.1 Å². The third kappa shape index (κ3) is 4.84. The van der Waals surface area contributed by atoms with Gasteiger partial charge in [-0.2, -0.15) is 0 Å². The lowest BCUT2D eigenvalue weighted by Crippen LogP contribution is -2.51. The first-order chi connectivity index (χ1) is 8.70. The molecule has 0 aromatic heterocycles. The average molecular weight is 272 g/mol. The van der Waals surface area contributed by atoms with Gasteiger partial charge in [-0.05, 0) is 40.0 Å². The number of ketones is 1. The largest absolute Gasteiger partial charge is 0.444 e. The molecule has 1 amide bonds. The highest BCUT2D eigenvalue weighted by atomic mass is 16.6. The maximum absolute atomic E-state index is 12.0. The van der Waals surface area contributed by atoms with Crippen LogP contribution in [-0.4, -0.2) is 46.4 Å². The van der Waals surface area contributed by atoms with Gasteiger partial charge in [0.1, 0.15) is 11.6 Å². The summed E-state index contributed by atoms with van der Waals surface area (Å²) in [5.74, 6) is -0.532. The fourth-order valence-electron chi connectivity index (χ4n) is 2.04. The van der Waals surface area contributed by atoms with Crippen LogP contribution in [0.25, 0.3) is 0 Å². The highest BCUT2D eigenvalue weighted by Crippen LogP contribution is 2.21. The van der Waals surface area contributed by atoms with Crippen molar-refractivity contribution in [3.63, 3.8) is 0 Å². The summed E-state index contributed by atoms with van der Waals surface area (Å²) in [6.45, 7) is 4.88. The molecule has 7 heteroatoms. The third-order valence-corrected chi connectivity index (χ3v) is 2.79. The minimum absolute atomic E-state index is 0.406. The Hall–Kier alpha value is -1.66. The summed E-state index contributed by atoms with van der Waals surface area (Å²) in [6.07, 6.45) is 1.45. The van der Waals surface area contributed by atoms with Crippen molar-refractivity contribution in [3.05, 3.63) is 10.1 Å². The number of likely N-dealkylation sites (tertiary alicyclic amines) is 1. The number of ether oxygens (including phenoxy) is 1. The maximum atomic E-state index is 12.0. The summed E-state index contributed by atoms with van der Waals surface area (Å²) in [4.78, 5) is 34.9. The van der Waals surface area contributed by atoms with E-state index in [1.54, 1.807) is 20.8 Å². The Morgan fingerprint density at radius 2 is 2.00 bits per heavy atom. The monoisotopic (exact) mass is 272 g/mol. The number of hydrogen-bond donors (Lipinski definition) is 0. The molecule has 0 radical (unpaired) electrons. The van der Waals surface area contributed by atoms with E-state index in [1.807, 2.05) is 0 Å². The zero-order chi connectivity index (χ0) is 14.6. The lowest BCUT2D eigenvalue weighted by atomic mass is 9.99. The van der Waals surface area contributed by atoms with E-state index in [9.17, 15) is 19.7 Å². The van der Waals surface area contributed by atoms with Gasteiger partial charge in [0.15, 0.2) is 0 Å². The number of piperidine rings is 1. The number of Topliss-reactive ketones (excluding diaryl/α,β-unsaturated/α-hetero) is 1. The lowest BCUT2D eigenvalue weighted by Gasteiger charge is -2.35. The molecule has 1 aliphatic heterocycles. The number of amides is 1. The fourth-order valence-corrected chi connectivity index (χ4v) is 2.04. The first-order valence-corrected chi connectivity index (χ1v) is 6.35. The maximum Gasteiger partial charge on any atom is 0.410 e. The molecule has 0 aromatic carbocycles. The number of nitrogens with zero attached hydrogens (tertiary/aromatic N) is 2. The van der Waals surface area contributed by atoms with Gasteiger partial charge in [-0.3, -0.25) is 19.8 Å². The zero-order valence-corrected chi connectivity index (χ0v) is 11.5. The standard InChI is InChI=1S/C12H20N2O5/c1-12(2,3)19-11(16)13-7-5-4-6-9(13)10(15)8-14(17)18/h9H,4-8H2,1-3H3/t9-/m0/s1. The summed E-state index contributed by atoms with van der Waals surface area (Å²) in [5.41, 5.74) is -0.648. The van der Waals surface area contributed by atoms with E-state index in [1.165, 1.54) is 4.90 Å². The molecule has 1 heterocycles. The molecule has 0 unspecified atom stereocenters. The second-order valence-corrected chi connectivity index (χ2v) is 5.64. The summed E-state index contributed by atoms with van der Waals surface area (Å²) in [7, 11) is 0.